The number of halogens is 1. The first kappa shape index (κ1) is 30.6. The lowest BCUT2D eigenvalue weighted by Crippen LogP contribution is -2.54. The molecule has 1 aliphatic carbocycles. The van der Waals surface area contributed by atoms with Crippen molar-refractivity contribution in [2.24, 2.45) is 11.8 Å². The second-order valence-electron chi connectivity index (χ2n) is 13.0. The molecule has 3 amide bonds. The SMILES string of the molecule is Cc1c(CN2CCN(C(=O)C3CCCC3)[C@@H](C)C2)cc(Cl)cc1NC(=O)CC1CCN(C(=O)OC(C)(C)C)CC1. The molecule has 2 heterocycles. The van der Waals surface area contributed by atoms with Gasteiger partial charge in [-0.1, -0.05) is 24.4 Å². The number of piperazine rings is 1. The maximum Gasteiger partial charge on any atom is 0.410 e. The van der Waals surface area contributed by atoms with Crippen molar-refractivity contribution in [3.8, 4) is 0 Å². The van der Waals surface area contributed by atoms with Crippen molar-refractivity contribution < 1.29 is 19.1 Å². The number of carbonyl (C=O) groups is 3. The summed E-state index contributed by atoms with van der Waals surface area (Å²) in [6.07, 6.45) is 6.10. The van der Waals surface area contributed by atoms with Crippen LogP contribution in [0, 0.1) is 18.8 Å². The van der Waals surface area contributed by atoms with Gasteiger partial charge in [-0.3, -0.25) is 14.5 Å². The summed E-state index contributed by atoms with van der Waals surface area (Å²) in [5, 5.41) is 3.70. The molecule has 1 N–H and O–H groups in total. The van der Waals surface area contributed by atoms with Crippen molar-refractivity contribution in [3.05, 3.63) is 28.3 Å². The standard InChI is InChI=1S/C31H47ClN4O4/c1-21-19-34(14-15-36(21)29(38)24-8-6-7-9-24)20-25-17-26(32)18-27(22(25)2)33-28(37)16-23-10-12-35(13-11-23)30(39)40-31(3,4)5/h17-18,21,23-24H,6-16,19-20H2,1-5H3,(H,33,37)/t21-/m0/s1. The summed E-state index contributed by atoms with van der Waals surface area (Å²) in [5.74, 6) is 0.749. The quantitative estimate of drug-likeness (QED) is 0.461. The highest BCUT2D eigenvalue weighted by atomic mass is 35.5. The molecule has 9 heteroatoms. The van der Waals surface area contributed by atoms with E-state index >= 15 is 0 Å². The van der Waals surface area contributed by atoms with E-state index in [2.05, 4.69) is 22.0 Å². The van der Waals surface area contributed by atoms with Crippen LogP contribution < -0.4 is 5.32 Å². The van der Waals surface area contributed by atoms with Crippen LogP contribution in [0.5, 0.6) is 0 Å². The highest BCUT2D eigenvalue weighted by Crippen LogP contribution is 2.30. The molecule has 40 heavy (non-hydrogen) atoms. The number of likely N-dealkylation sites (tertiary alicyclic amines) is 1. The third-order valence-electron chi connectivity index (χ3n) is 8.59. The number of piperidine rings is 1. The number of nitrogens with one attached hydrogen (secondary N) is 1. The molecule has 1 aromatic rings. The second kappa shape index (κ2) is 13.1. The summed E-state index contributed by atoms with van der Waals surface area (Å²) in [7, 11) is 0. The van der Waals surface area contributed by atoms with Crippen molar-refractivity contribution >= 4 is 35.2 Å². The van der Waals surface area contributed by atoms with Crippen molar-refractivity contribution in [2.45, 2.75) is 97.8 Å². The molecular weight excluding hydrogens is 528 g/mol. The van der Waals surface area contributed by atoms with Gasteiger partial charge in [-0.2, -0.15) is 0 Å². The Morgan fingerprint density at radius 3 is 2.33 bits per heavy atom. The molecule has 3 fully saturated rings. The summed E-state index contributed by atoms with van der Waals surface area (Å²) in [6, 6.07) is 3.99. The molecule has 0 unspecified atom stereocenters. The van der Waals surface area contributed by atoms with Crippen LogP contribution in [-0.4, -0.2) is 77.0 Å². The molecule has 1 aromatic carbocycles. The van der Waals surface area contributed by atoms with E-state index in [9.17, 15) is 14.4 Å². The van der Waals surface area contributed by atoms with Gasteiger partial charge in [-0.25, -0.2) is 4.79 Å². The molecule has 8 nitrogen and oxygen atoms in total. The van der Waals surface area contributed by atoms with E-state index in [0.717, 1.165) is 68.7 Å². The summed E-state index contributed by atoms with van der Waals surface area (Å²) in [5.41, 5.74) is 2.36. The normalized spacial score (nSPS) is 21.5. The number of carbonyl (C=O) groups excluding carboxylic acids is 3. The number of ether oxygens (including phenoxy) is 1. The fraction of sp³-hybridized carbons (Fsp3) is 0.710. The zero-order chi connectivity index (χ0) is 29.0. The Morgan fingerprint density at radius 1 is 1.02 bits per heavy atom. The lowest BCUT2D eigenvalue weighted by molar-refractivity contribution is -0.140. The van der Waals surface area contributed by atoms with Crippen LogP contribution in [0.1, 0.15) is 83.8 Å². The first-order valence-electron chi connectivity index (χ1n) is 15.0. The Balaban J connectivity index is 1.28. The summed E-state index contributed by atoms with van der Waals surface area (Å²) < 4.78 is 5.48. The van der Waals surface area contributed by atoms with Crippen molar-refractivity contribution in [2.75, 3.05) is 38.0 Å². The average molecular weight is 575 g/mol. The van der Waals surface area contributed by atoms with E-state index in [1.807, 2.05) is 39.8 Å². The average Bonchev–Trinajstić information content (AvgIpc) is 3.41. The second-order valence-corrected chi connectivity index (χ2v) is 13.4. The van der Waals surface area contributed by atoms with Crippen LogP contribution in [0.4, 0.5) is 10.5 Å². The fourth-order valence-corrected chi connectivity index (χ4v) is 6.53. The molecule has 1 saturated carbocycles. The Bertz CT molecular complexity index is 1070. The van der Waals surface area contributed by atoms with Crippen LogP contribution in [0.15, 0.2) is 12.1 Å². The molecule has 222 valence electrons. The minimum Gasteiger partial charge on any atom is -0.444 e. The monoisotopic (exact) mass is 574 g/mol. The van der Waals surface area contributed by atoms with Gasteiger partial charge in [0.15, 0.2) is 0 Å². The lowest BCUT2D eigenvalue weighted by atomic mass is 9.93. The molecule has 0 aromatic heterocycles. The Morgan fingerprint density at radius 2 is 1.70 bits per heavy atom. The molecule has 0 radical (unpaired) electrons. The van der Waals surface area contributed by atoms with Gasteiger partial charge in [0.05, 0.1) is 0 Å². The Labute approximate surface area is 244 Å². The molecule has 0 bridgehead atoms. The first-order chi connectivity index (χ1) is 18.9. The molecule has 0 spiro atoms. The minimum atomic E-state index is -0.512. The molecule has 2 aliphatic heterocycles. The van der Waals surface area contributed by atoms with E-state index in [4.69, 9.17) is 16.3 Å². The third kappa shape index (κ3) is 8.12. The lowest BCUT2D eigenvalue weighted by Gasteiger charge is -2.41. The van der Waals surface area contributed by atoms with Gasteiger partial charge in [0.2, 0.25) is 11.8 Å². The van der Waals surface area contributed by atoms with Gasteiger partial charge in [-0.15, -0.1) is 0 Å². The number of hydrogen-bond donors (Lipinski definition) is 1. The highest BCUT2D eigenvalue weighted by Gasteiger charge is 2.33. The molecule has 1 atom stereocenters. The van der Waals surface area contributed by atoms with E-state index in [-0.39, 0.29) is 29.9 Å². The topological polar surface area (TPSA) is 82.2 Å². The number of rotatable bonds is 6. The van der Waals surface area contributed by atoms with Crippen LogP contribution in [0.2, 0.25) is 5.02 Å². The van der Waals surface area contributed by atoms with Crippen LogP contribution in [-0.2, 0) is 20.9 Å². The van der Waals surface area contributed by atoms with Crippen molar-refractivity contribution in [3.63, 3.8) is 0 Å². The maximum absolute atomic E-state index is 13.0. The smallest absolute Gasteiger partial charge is 0.410 e. The largest absolute Gasteiger partial charge is 0.444 e. The number of amides is 3. The molecular formula is C31H47ClN4O4. The zero-order valence-corrected chi connectivity index (χ0v) is 25.7. The van der Waals surface area contributed by atoms with E-state index in [0.29, 0.717) is 30.4 Å². The molecule has 4 rings (SSSR count). The van der Waals surface area contributed by atoms with Gasteiger partial charge in [0.25, 0.3) is 0 Å². The summed E-state index contributed by atoms with van der Waals surface area (Å²) >= 11 is 6.50. The zero-order valence-electron chi connectivity index (χ0n) is 24.9. The molecule has 2 saturated heterocycles. The van der Waals surface area contributed by atoms with Crippen LogP contribution in [0.25, 0.3) is 0 Å². The predicted octanol–water partition coefficient (Wildman–Crippen LogP) is 5.85. The summed E-state index contributed by atoms with van der Waals surface area (Å²) in [4.78, 5) is 44.5. The summed E-state index contributed by atoms with van der Waals surface area (Å²) in [6.45, 7) is 14.1. The van der Waals surface area contributed by atoms with Gasteiger partial charge >= 0.3 is 6.09 Å². The number of benzene rings is 1. The fourth-order valence-electron chi connectivity index (χ4n) is 6.29. The van der Waals surface area contributed by atoms with E-state index in [1.54, 1.807) is 4.90 Å². The number of hydrogen-bond acceptors (Lipinski definition) is 5. The van der Waals surface area contributed by atoms with Crippen molar-refractivity contribution in [1.29, 1.82) is 0 Å². The van der Waals surface area contributed by atoms with Crippen LogP contribution >= 0.6 is 11.6 Å². The van der Waals surface area contributed by atoms with Gasteiger partial charge in [-0.05, 0) is 89.5 Å². The highest BCUT2D eigenvalue weighted by molar-refractivity contribution is 6.31. The molecule has 3 aliphatic rings. The van der Waals surface area contributed by atoms with Gasteiger partial charge in [0.1, 0.15) is 5.60 Å². The predicted molar refractivity (Wildman–Crippen MR) is 158 cm³/mol. The van der Waals surface area contributed by atoms with Gasteiger partial charge in [0, 0.05) is 68.4 Å². The maximum atomic E-state index is 13.0. The Hall–Kier alpha value is -2.32. The van der Waals surface area contributed by atoms with Gasteiger partial charge < -0.3 is 19.9 Å². The Kier molecular flexibility index (Phi) is 10.0. The number of anilines is 1. The first-order valence-corrected chi connectivity index (χ1v) is 15.4. The number of nitrogens with zero attached hydrogens (tertiary/aromatic N) is 3. The van der Waals surface area contributed by atoms with Crippen molar-refractivity contribution in [1.82, 2.24) is 14.7 Å². The van der Waals surface area contributed by atoms with Crippen LogP contribution in [0.3, 0.4) is 0 Å². The third-order valence-corrected chi connectivity index (χ3v) is 8.81. The van der Waals surface area contributed by atoms with E-state index in [1.165, 1.54) is 12.8 Å². The van der Waals surface area contributed by atoms with E-state index < -0.39 is 5.60 Å². The minimum absolute atomic E-state index is 0.0281.